The fourth-order valence-electron chi connectivity index (χ4n) is 7.03. The monoisotopic (exact) mass is 698 g/mol. The third kappa shape index (κ3) is 5.97. The molecule has 1 aromatic heterocycles. The van der Waals surface area contributed by atoms with E-state index in [0.29, 0.717) is 35.8 Å². The highest BCUT2D eigenvalue weighted by Crippen LogP contribution is 2.59. The van der Waals surface area contributed by atoms with Gasteiger partial charge in [-0.3, -0.25) is 19.2 Å². The van der Waals surface area contributed by atoms with Crippen molar-refractivity contribution in [3.8, 4) is 0 Å². The van der Waals surface area contributed by atoms with Crippen LogP contribution < -0.4 is 5.32 Å². The van der Waals surface area contributed by atoms with Gasteiger partial charge in [0.2, 0.25) is 11.8 Å². The first-order chi connectivity index (χ1) is 22.2. The summed E-state index contributed by atoms with van der Waals surface area (Å²) in [6, 6.07) is 6.41. The lowest BCUT2D eigenvalue weighted by Gasteiger charge is -2.35. The Labute approximate surface area is 275 Å². The van der Waals surface area contributed by atoms with Gasteiger partial charge in [0.25, 0.3) is 5.91 Å². The van der Waals surface area contributed by atoms with Crippen molar-refractivity contribution >= 4 is 50.7 Å². The highest BCUT2D eigenvalue weighted by Gasteiger charge is 2.74. The Morgan fingerprint density at radius 1 is 1.09 bits per heavy atom. The summed E-state index contributed by atoms with van der Waals surface area (Å²) >= 11 is 3.57. The number of amides is 3. The molecule has 3 amide bonds. The zero-order valence-electron chi connectivity index (χ0n) is 25.7. The number of cyclic esters (lactones) is 1. The summed E-state index contributed by atoms with van der Waals surface area (Å²) in [5.74, 6) is -3.40. The molecular formula is C32H39BrN6O7. The van der Waals surface area contributed by atoms with Crippen LogP contribution in [0.4, 0.5) is 0 Å². The van der Waals surface area contributed by atoms with E-state index in [4.69, 9.17) is 9.47 Å². The molecule has 6 rings (SSSR count). The fraction of sp³-hybridized carbons (Fsp3) is 0.562. The number of carbonyl (C=O) groups excluding carboxylic acids is 4. The molecule has 4 aliphatic rings. The van der Waals surface area contributed by atoms with Gasteiger partial charge in [-0.15, -0.1) is 5.10 Å². The quantitative estimate of drug-likeness (QED) is 0.239. The normalized spacial score (nSPS) is 30.8. The van der Waals surface area contributed by atoms with Crippen molar-refractivity contribution < 1.29 is 33.8 Å². The predicted octanol–water partition coefficient (Wildman–Crippen LogP) is 2.04. The number of rotatable bonds is 8. The van der Waals surface area contributed by atoms with Gasteiger partial charge in [-0.05, 0) is 44.4 Å². The molecule has 0 unspecified atom stereocenters. The first-order valence-corrected chi connectivity index (χ1v) is 16.7. The van der Waals surface area contributed by atoms with Crippen LogP contribution in [0.5, 0.6) is 0 Å². The first-order valence-electron chi connectivity index (χ1n) is 15.9. The van der Waals surface area contributed by atoms with Gasteiger partial charge in [-0.1, -0.05) is 58.3 Å². The van der Waals surface area contributed by atoms with Crippen LogP contribution in [0.15, 0.2) is 47.0 Å². The number of hydrogen-bond acceptors (Lipinski definition) is 9. The van der Waals surface area contributed by atoms with Crippen LogP contribution in [-0.2, 0) is 35.3 Å². The number of likely N-dealkylation sites (tertiary alicyclic amines) is 1. The minimum atomic E-state index is -1.38. The van der Waals surface area contributed by atoms with Crippen molar-refractivity contribution in [2.24, 2.45) is 11.8 Å². The molecule has 4 aliphatic heterocycles. The number of carbonyl (C=O) groups is 4. The van der Waals surface area contributed by atoms with Crippen molar-refractivity contribution in [1.82, 2.24) is 30.1 Å². The van der Waals surface area contributed by atoms with Crippen LogP contribution >= 0.6 is 15.9 Å². The maximum Gasteiger partial charge on any atom is 0.313 e. The van der Waals surface area contributed by atoms with Gasteiger partial charge in [0.1, 0.15) is 42.0 Å². The average Bonchev–Trinajstić information content (AvgIpc) is 3.75. The molecule has 13 nitrogen and oxygen atoms in total. The number of hydrogen-bond donors (Lipinski definition) is 2. The van der Waals surface area contributed by atoms with Gasteiger partial charge >= 0.3 is 5.97 Å². The second-order valence-corrected chi connectivity index (χ2v) is 13.3. The zero-order valence-corrected chi connectivity index (χ0v) is 27.3. The maximum atomic E-state index is 14.9. The van der Waals surface area contributed by atoms with Gasteiger partial charge in [0.05, 0.1) is 18.0 Å². The van der Waals surface area contributed by atoms with E-state index in [1.54, 1.807) is 27.5 Å². The lowest BCUT2D eigenvalue weighted by Crippen LogP contribution is -2.56. The predicted molar refractivity (Wildman–Crippen MR) is 169 cm³/mol. The number of aliphatic hydroxyl groups is 1. The van der Waals surface area contributed by atoms with Crippen LogP contribution in [-0.4, -0.2) is 104 Å². The number of fused-ring (bicyclic) bond motifs is 3. The Balaban J connectivity index is 1.40. The van der Waals surface area contributed by atoms with Crippen LogP contribution in [0.2, 0.25) is 0 Å². The minimum absolute atomic E-state index is 0.0528. The summed E-state index contributed by atoms with van der Waals surface area (Å²) in [5, 5.41) is 20.6. The van der Waals surface area contributed by atoms with E-state index in [1.807, 2.05) is 36.4 Å². The number of nitrogens with zero attached hydrogens (tertiary/aromatic N) is 5. The lowest BCUT2D eigenvalue weighted by molar-refractivity contribution is -0.158. The highest BCUT2D eigenvalue weighted by molar-refractivity contribution is 9.11. The lowest BCUT2D eigenvalue weighted by atomic mass is 9.74. The van der Waals surface area contributed by atoms with Gasteiger partial charge in [0, 0.05) is 30.6 Å². The molecule has 5 heterocycles. The summed E-state index contributed by atoms with van der Waals surface area (Å²) in [6.45, 7) is 2.44. The summed E-state index contributed by atoms with van der Waals surface area (Å²) in [5.41, 5.74) is 0.0437. The molecule has 0 aliphatic carbocycles. The van der Waals surface area contributed by atoms with Crippen molar-refractivity contribution in [3.05, 3.63) is 47.0 Å². The maximum absolute atomic E-state index is 14.9. The van der Waals surface area contributed by atoms with Gasteiger partial charge < -0.3 is 29.7 Å². The summed E-state index contributed by atoms with van der Waals surface area (Å²) in [4.78, 5) is 58.6. The molecule has 0 radical (unpaired) electrons. The van der Waals surface area contributed by atoms with E-state index in [1.165, 1.54) is 0 Å². The Bertz CT molecular complexity index is 1560. The molecule has 14 heteroatoms. The molecule has 2 N–H and O–H groups in total. The van der Waals surface area contributed by atoms with Gasteiger partial charge in [-0.25, -0.2) is 4.68 Å². The van der Waals surface area contributed by atoms with Crippen molar-refractivity contribution in [2.45, 2.75) is 76.0 Å². The highest BCUT2D eigenvalue weighted by atomic mass is 79.9. The SMILES string of the molecule is C[C@H]1CNC(=O)CC/C=C\CN(Cn2nnc3ccccc32)C(=O)[C@H]2N(CCCCCCO)C(=O)[C@@H]3[C@@H](C(=O)O1)[C@@H]1O[C@@]32C=C1Br. The number of benzene rings is 1. The number of esters is 1. The summed E-state index contributed by atoms with van der Waals surface area (Å²) in [6.07, 6.45) is 7.57. The molecule has 46 heavy (non-hydrogen) atoms. The second kappa shape index (κ2) is 13.6. The van der Waals surface area contributed by atoms with E-state index in [0.717, 1.165) is 18.4 Å². The summed E-state index contributed by atoms with van der Waals surface area (Å²) < 4.78 is 14.6. The Kier molecular flexibility index (Phi) is 9.57. The standard InChI is InChI=1S/C32H39BrN6O7/c1-20-18-34-24(41)13-5-4-8-14-37(19-39-23-12-7-6-11-22(23)35-36-39)30(43)28-32-17-21(33)27(46-32)25(31(44)45-20)26(32)29(42)38(28)15-9-2-3-10-16-40/h4,6-8,11-12,17,20,25-28,40H,2-3,5,9-10,13-16,18-19H2,1H3,(H,34,41)/b8-4-/t20-,25+,26-,27+,28+,32-/m0/s1. The average molecular weight is 700 g/mol. The Hall–Kier alpha value is -3.62. The van der Waals surface area contributed by atoms with E-state index in [2.05, 4.69) is 31.6 Å². The largest absolute Gasteiger partial charge is 0.460 e. The molecule has 1 spiro atoms. The van der Waals surface area contributed by atoms with E-state index in [9.17, 15) is 24.3 Å². The fourth-order valence-corrected chi connectivity index (χ4v) is 7.76. The van der Waals surface area contributed by atoms with E-state index < -0.39 is 41.7 Å². The smallest absolute Gasteiger partial charge is 0.313 e. The number of ether oxygens (including phenoxy) is 2. The van der Waals surface area contributed by atoms with Gasteiger partial charge in [0.15, 0.2) is 0 Å². The van der Waals surface area contributed by atoms with Crippen LogP contribution in [0, 0.1) is 11.8 Å². The van der Waals surface area contributed by atoms with E-state index >= 15 is 0 Å². The second-order valence-electron chi connectivity index (χ2n) is 12.3. The molecule has 2 fully saturated rings. The topological polar surface area (TPSA) is 156 Å². The van der Waals surface area contributed by atoms with Crippen molar-refractivity contribution in [3.63, 3.8) is 0 Å². The van der Waals surface area contributed by atoms with Crippen LogP contribution in [0.25, 0.3) is 11.0 Å². The third-order valence-electron chi connectivity index (χ3n) is 9.21. The third-order valence-corrected chi connectivity index (χ3v) is 9.89. The number of nitrogens with one attached hydrogen (secondary N) is 1. The Morgan fingerprint density at radius 2 is 1.89 bits per heavy atom. The molecule has 1 aromatic carbocycles. The molecule has 2 aromatic rings. The van der Waals surface area contributed by atoms with Crippen LogP contribution in [0.3, 0.4) is 0 Å². The molecule has 0 saturated carbocycles. The van der Waals surface area contributed by atoms with Crippen molar-refractivity contribution in [2.75, 3.05) is 26.2 Å². The molecule has 6 atom stereocenters. The molecule has 5 bridgehead atoms. The van der Waals surface area contributed by atoms with E-state index in [-0.39, 0.29) is 50.5 Å². The molecule has 2 saturated heterocycles. The van der Waals surface area contributed by atoms with Crippen molar-refractivity contribution in [1.29, 1.82) is 0 Å². The number of unbranched alkanes of at least 4 members (excludes halogenated alkanes) is 3. The summed E-state index contributed by atoms with van der Waals surface area (Å²) in [7, 11) is 0. The zero-order chi connectivity index (χ0) is 32.4. The molecule has 246 valence electrons. The number of aliphatic hydroxyl groups excluding tert-OH is 1. The van der Waals surface area contributed by atoms with Gasteiger partial charge in [-0.2, -0.15) is 0 Å². The number of aromatic nitrogens is 3. The number of halogens is 1. The molecular weight excluding hydrogens is 660 g/mol. The first kappa shape index (κ1) is 32.3. The number of para-hydroxylation sites is 1. The number of allylic oxidation sites excluding steroid dienone is 1. The Morgan fingerprint density at radius 3 is 2.72 bits per heavy atom. The van der Waals surface area contributed by atoms with Crippen LogP contribution in [0.1, 0.15) is 45.4 Å². The minimum Gasteiger partial charge on any atom is -0.460 e.